The monoisotopic (exact) mass is 276 g/mol. The number of guanidine groups is 1. The Morgan fingerprint density at radius 3 is 2.78 bits per heavy atom. The minimum Gasteiger partial charge on any atom is -0.370 e. The van der Waals surface area contributed by atoms with Crippen LogP contribution in [0, 0.1) is 5.92 Å². The van der Waals surface area contributed by atoms with Gasteiger partial charge in [0.25, 0.3) is 0 Å². The van der Waals surface area contributed by atoms with Crippen LogP contribution in [-0.4, -0.2) is 50.6 Å². The number of hydrogen-bond acceptors (Lipinski definition) is 3. The average molecular weight is 276 g/mol. The van der Waals surface area contributed by atoms with Crippen molar-refractivity contribution in [3.05, 3.63) is 0 Å². The van der Waals surface area contributed by atoms with Crippen molar-refractivity contribution in [1.29, 1.82) is 0 Å². The van der Waals surface area contributed by atoms with Gasteiger partial charge in [0, 0.05) is 26.2 Å². The van der Waals surface area contributed by atoms with Gasteiger partial charge in [0.15, 0.2) is 5.96 Å². The second kappa shape index (κ2) is 6.94. The van der Waals surface area contributed by atoms with Gasteiger partial charge in [0.05, 0.1) is 5.75 Å². The van der Waals surface area contributed by atoms with E-state index in [9.17, 15) is 8.42 Å². The maximum atomic E-state index is 11.5. The summed E-state index contributed by atoms with van der Waals surface area (Å²) in [6.07, 6.45) is 1.73. The molecule has 1 rings (SSSR count). The van der Waals surface area contributed by atoms with Crippen LogP contribution in [0.5, 0.6) is 0 Å². The molecule has 0 aromatic rings. The highest BCUT2D eigenvalue weighted by Gasteiger charge is 2.27. The van der Waals surface area contributed by atoms with Crippen molar-refractivity contribution in [3.8, 4) is 0 Å². The minimum absolute atomic E-state index is 0.269. The van der Waals surface area contributed by atoms with Crippen molar-refractivity contribution < 1.29 is 8.42 Å². The summed E-state index contributed by atoms with van der Waals surface area (Å²) >= 11 is 0. The van der Waals surface area contributed by atoms with Crippen LogP contribution < -0.4 is 11.1 Å². The summed E-state index contributed by atoms with van der Waals surface area (Å²) in [7, 11) is -3.00. The average Bonchev–Trinajstić information content (AvgIpc) is 2.58. The van der Waals surface area contributed by atoms with Crippen LogP contribution in [0.2, 0.25) is 0 Å². The fourth-order valence-corrected chi connectivity index (χ4v) is 3.28. The zero-order valence-corrected chi connectivity index (χ0v) is 12.0. The summed E-state index contributed by atoms with van der Waals surface area (Å²) < 4.78 is 24.5. The quantitative estimate of drug-likeness (QED) is 0.527. The first kappa shape index (κ1) is 15.2. The smallest absolute Gasteiger partial charge is 0.214 e. The lowest BCUT2D eigenvalue weighted by molar-refractivity contribution is 0.445. The highest BCUT2D eigenvalue weighted by molar-refractivity contribution is 7.89. The topological polar surface area (TPSA) is 87.8 Å². The predicted octanol–water partition coefficient (Wildman–Crippen LogP) is -0.0277. The second-order valence-electron chi connectivity index (χ2n) is 4.94. The van der Waals surface area contributed by atoms with Crippen LogP contribution in [0.25, 0.3) is 0 Å². The van der Waals surface area contributed by atoms with Crippen molar-refractivity contribution in [2.24, 2.45) is 16.6 Å². The molecule has 0 saturated carbocycles. The molecule has 3 N–H and O–H groups in total. The Morgan fingerprint density at radius 2 is 2.22 bits per heavy atom. The molecule has 1 aliphatic rings. The number of nitrogens with two attached hydrogens (primary N) is 1. The largest absolute Gasteiger partial charge is 0.370 e. The maximum Gasteiger partial charge on any atom is 0.214 e. The van der Waals surface area contributed by atoms with E-state index in [0.29, 0.717) is 38.1 Å². The summed E-state index contributed by atoms with van der Waals surface area (Å²) in [5.41, 5.74) is 5.68. The Bertz CT molecular complexity index is 379. The molecule has 1 heterocycles. The first-order valence-electron chi connectivity index (χ1n) is 6.43. The fraction of sp³-hybridized carbons (Fsp3) is 0.909. The highest BCUT2D eigenvalue weighted by atomic mass is 32.2. The van der Waals surface area contributed by atoms with E-state index in [4.69, 9.17) is 5.73 Å². The zero-order chi connectivity index (χ0) is 13.6. The molecule has 6 nitrogen and oxygen atoms in total. The van der Waals surface area contributed by atoms with Crippen LogP contribution >= 0.6 is 0 Å². The van der Waals surface area contributed by atoms with Crippen LogP contribution in [0.1, 0.15) is 26.7 Å². The normalized spacial score (nSPS) is 20.5. The molecule has 1 fully saturated rings. The number of rotatable bonds is 6. The van der Waals surface area contributed by atoms with Crippen molar-refractivity contribution in [1.82, 2.24) is 9.62 Å². The number of nitrogens with one attached hydrogen (secondary N) is 1. The Balaban J connectivity index is 2.21. The molecule has 0 aromatic carbocycles. The SMILES string of the molecule is CC(C)CCN=C(N)NCCN1CCCS1(=O)=O. The van der Waals surface area contributed by atoms with E-state index in [1.165, 1.54) is 4.31 Å². The van der Waals surface area contributed by atoms with Crippen molar-refractivity contribution in [2.45, 2.75) is 26.7 Å². The molecule has 0 bridgehead atoms. The lowest BCUT2D eigenvalue weighted by atomic mass is 10.1. The van der Waals surface area contributed by atoms with Crippen LogP contribution in [0.4, 0.5) is 0 Å². The number of nitrogens with zero attached hydrogens (tertiary/aromatic N) is 2. The summed E-state index contributed by atoms with van der Waals surface area (Å²) in [5.74, 6) is 1.27. The van der Waals surface area contributed by atoms with Gasteiger partial charge in [-0.25, -0.2) is 12.7 Å². The molecular weight excluding hydrogens is 252 g/mol. The van der Waals surface area contributed by atoms with E-state index in [0.717, 1.165) is 12.8 Å². The van der Waals surface area contributed by atoms with Crippen LogP contribution in [0.15, 0.2) is 4.99 Å². The van der Waals surface area contributed by atoms with Gasteiger partial charge in [-0.1, -0.05) is 13.8 Å². The van der Waals surface area contributed by atoms with Gasteiger partial charge in [-0.15, -0.1) is 0 Å². The van der Waals surface area contributed by atoms with E-state index in [-0.39, 0.29) is 5.75 Å². The number of aliphatic imine (C=N–C) groups is 1. The van der Waals surface area contributed by atoms with E-state index < -0.39 is 10.0 Å². The molecular formula is C11H24N4O2S. The molecule has 0 aliphatic carbocycles. The third kappa shape index (κ3) is 5.22. The third-order valence-electron chi connectivity index (χ3n) is 2.86. The molecule has 0 radical (unpaired) electrons. The van der Waals surface area contributed by atoms with Gasteiger partial charge in [-0.3, -0.25) is 4.99 Å². The zero-order valence-electron chi connectivity index (χ0n) is 11.2. The lowest BCUT2D eigenvalue weighted by Crippen LogP contribution is -2.39. The first-order valence-corrected chi connectivity index (χ1v) is 8.04. The van der Waals surface area contributed by atoms with Gasteiger partial charge < -0.3 is 11.1 Å². The molecule has 0 atom stereocenters. The maximum absolute atomic E-state index is 11.5. The van der Waals surface area contributed by atoms with Crippen molar-refractivity contribution >= 4 is 16.0 Å². The van der Waals surface area contributed by atoms with Gasteiger partial charge in [-0.05, 0) is 18.8 Å². The third-order valence-corrected chi connectivity index (χ3v) is 4.82. The molecule has 7 heteroatoms. The Morgan fingerprint density at radius 1 is 1.50 bits per heavy atom. The van der Waals surface area contributed by atoms with E-state index in [1.807, 2.05) is 0 Å². The van der Waals surface area contributed by atoms with Gasteiger partial charge in [0.1, 0.15) is 0 Å². The molecule has 0 unspecified atom stereocenters. The molecule has 0 aromatic heterocycles. The lowest BCUT2D eigenvalue weighted by Gasteiger charge is -2.14. The Labute approximate surface area is 110 Å². The first-order chi connectivity index (χ1) is 8.42. The molecule has 0 spiro atoms. The second-order valence-corrected chi connectivity index (χ2v) is 7.03. The molecule has 1 aliphatic heterocycles. The minimum atomic E-state index is -3.00. The highest BCUT2D eigenvalue weighted by Crippen LogP contribution is 2.11. The molecule has 106 valence electrons. The molecule has 18 heavy (non-hydrogen) atoms. The van der Waals surface area contributed by atoms with Crippen LogP contribution in [-0.2, 0) is 10.0 Å². The van der Waals surface area contributed by atoms with E-state index >= 15 is 0 Å². The van der Waals surface area contributed by atoms with Crippen molar-refractivity contribution in [3.63, 3.8) is 0 Å². The summed E-state index contributed by atoms with van der Waals surface area (Å²) in [6.45, 7) is 6.57. The summed E-state index contributed by atoms with van der Waals surface area (Å²) in [4.78, 5) is 4.18. The fourth-order valence-electron chi connectivity index (χ4n) is 1.75. The van der Waals surface area contributed by atoms with Gasteiger partial charge in [0.2, 0.25) is 10.0 Å². The standard InChI is InChI=1S/C11H24N4O2S/c1-10(2)4-5-13-11(12)14-6-8-15-7-3-9-18(15,16)17/h10H,3-9H2,1-2H3,(H3,12,13,14). The molecule has 1 saturated heterocycles. The van der Waals surface area contributed by atoms with Gasteiger partial charge in [-0.2, -0.15) is 0 Å². The number of hydrogen-bond donors (Lipinski definition) is 2. The Hall–Kier alpha value is -0.820. The predicted molar refractivity (Wildman–Crippen MR) is 73.9 cm³/mol. The van der Waals surface area contributed by atoms with Gasteiger partial charge >= 0.3 is 0 Å². The molecule has 0 amide bonds. The van der Waals surface area contributed by atoms with E-state index in [1.54, 1.807) is 0 Å². The van der Waals surface area contributed by atoms with E-state index in [2.05, 4.69) is 24.2 Å². The summed E-state index contributed by atoms with van der Waals surface area (Å²) in [6, 6.07) is 0. The number of sulfonamides is 1. The summed E-state index contributed by atoms with van der Waals surface area (Å²) in [5, 5.41) is 2.94. The Kier molecular flexibility index (Phi) is 5.87. The van der Waals surface area contributed by atoms with Crippen molar-refractivity contribution in [2.75, 3.05) is 31.9 Å². The van der Waals surface area contributed by atoms with Crippen LogP contribution in [0.3, 0.4) is 0 Å².